The molecule has 1 amide bonds. The first-order valence-electron chi connectivity index (χ1n) is 8.06. The Kier molecular flexibility index (Phi) is 6.19. The van der Waals surface area contributed by atoms with Gasteiger partial charge in [0.1, 0.15) is 0 Å². The molecule has 0 saturated carbocycles. The molecule has 2 aromatic rings. The standard InChI is InChI=1S/C17H17Cl3N4O2/c1-10(11-2-3-12(18)13(19)8-11)22-16(25)15-14(20)9-21-17(23-15)24-4-6-26-7-5-24/h2-3,8-10H,4-7H2,1H3,(H,22,25)/t10-/m1/s1. The number of benzene rings is 1. The van der Waals surface area contributed by atoms with Gasteiger partial charge in [0.05, 0.1) is 40.5 Å². The van der Waals surface area contributed by atoms with Crippen LogP contribution in [0.3, 0.4) is 0 Å². The topological polar surface area (TPSA) is 67.4 Å². The highest BCUT2D eigenvalue weighted by molar-refractivity contribution is 6.42. The zero-order valence-electron chi connectivity index (χ0n) is 14.0. The van der Waals surface area contributed by atoms with Crippen molar-refractivity contribution in [2.75, 3.05) is 31.2 Å². The third kappa shape index (κ3) is 4.38. The van der Waals surface area contributed by atoms with Gasteiger partial charge < -0.3 is 15.0 Å². The molecule has 1 saturated heterocycles. The number of amides is 1. The van der Waals surface area contributed by atoms with Crippen molar-refractivity contribution in [3.8, 4) is 0 Å². The highest BCUT2D eigenvalue weighted by Crippen LogP contribution is 2.26. The minimum absolute atomic E-state index is 0.134. The zero-order valence-corrected chi connectivity index (χ0v) is 16.3. The summed E-state index contributed by atoms with van der Waals surface area (Å²) < 4.78 is 5.32. The number of morpholine rings is 1. The van der Waals surface area contributed by atoms with Crippen LogP contribution in [0.1, 0.15) is 29.0 Å². The van der Waals surface area contributed by atoms with Gasteiger partial charge in [0.25, 0.3) is 5.91 Å². The van der Waals surface area contributed by atoms with Crippen molar-refractivity contribution in [1.82, 2.24) is 15.3 Å². The van der Waals surface area contributed by atoms with Crippen LogP contribution in [0.4, 0.5) is 5.95 Å². The number of hydrogen-bond donors (Lipinski definition) is 1. The van der Waals surface area contributed by atoms with Crippen LogP contribution in [0.15, 0.2) is 24.4 Å². The first kappa shape index (κ1) is 19.2. The van der Waals surface area contributed by atoms with Crippen LogP contribution < -0.4 is 10.2 Å². The summed E-state index contributed by atoms with van der Waals surface area (Å²) in [5, 5.41) is 3.96. The number of aromatic nitrogens is 2. The fourth-order valence-corrected chi connectivity index (χ4v) is 3.05. The Morgan fingerprint density at radius 2 is 1.92 bits per heavy atom. The quantitative estimate of drug-likeness (QED) is 0.823. The van der Waals surface area contributed by atoms with E-state index in [1.165, 1.54) is 6.20 Å². The van der Waals surface area contributed by atoms with Crippen molar-refractivity contribution in [3.63, 3.8) is 0 Å². The zero-order chi connectivity index (χ0) is 18.7. The third-order valence-corrected chi connectivity index (χ3v) is 5.05. The van der Waals surface area contributed by atoms with E-state index in [-0.39, 0.29) is 22.7 Å². The van der Waals surface area contributed by atoms with Gasteiger partial charge in [-0.15, -0.1) is 0 Å². The molecule has 0 radical (unpaired) electrons. The summed E-state index contributed by atoms with van der Waals surface area (Å²) in [6, 6.07) is 4.92. The van der Waals surface area contributed by atoms with Crippen LogP contribution in [0.25, 0.3) is 0 Å². The Labute approximate surface area is 166 Å². The summed E-state index contributed by atoms with van der Waals surface area (Å²) in [5.41, 5.74) is 0.960. The lowest BCUT2D eigenvalue weighted by Crippen LogP contribution is -2.38. The van der Waals surface area contributed by atoms with E-state index in [1.54, 1.807) is 18.2 Å². The van der Waals surface area contributed by atoms with Crippen molar-refractivity contribution in [2.24, 2.45) is 0 Å². The lowest BCUT2D eigenvalue weighted by Gasteiger charge is -2.27. The van der Waals surface area contributed by atoms with Gasteiger partial charge in [0.15, 0.2) is 5.69 Å². The van der Waals surface area contributed by atoms with E-state index in [0.29, 0.717) is 42.3 Å². The highest BCUT2D eigenvalue weighted by atomic mass is 35.5. The van der Waals surface area contributed by atoms with Gasteiger partial charge in [-0.25, -0.2) is 9.97 Å². The molecule has 6 nitrogen and oxygen atoms in total. The largest absolute Gasteiger partial charge is 0.378 e. The Bertz CT molecular complexity index is 813. The molecule has 0 spiro atoms. The van der Waals surface area contributed by atoms with E-state index in [4.69, 9.17) is 39.5 Å². The van der Waals surface area contributed by atoms with Crippen LogP contribution in [0.2, 0.25) is 15.1 Å². The average molecular weight is 416 g/mol. The number of nitrogens with zero attached hydrogens (tertiary/aromatic N) is 3. The predicted molar refractivity (Wildman–Crippen MR) is 102 cm³/mol. The Morgan fingerprint density at radius 3 is 2.62 bits per heavy atom. The summed E-state index contributed by atoms with van der Waals surface area (Å²) in [6.07, 6.45) is 1.44. The van der Waals surface area contributed by atoms with Crippen molar-refractivity contribution in [1.29, 1.82) is 0 Å². The van der Waals surface area contributed by atoms with Gasteiger partial charge in [0.2, 0.25) is 5.95 Å². The molecule has 0 aliphatic carbocycles. The lowest BCUT2D eigenvalue weighted by atomic mass is 10.1. The Morgan fingerprint density at radius 1 is 1.19 bits per heavy atom. The Hall–Kier alpha value is -1.60. The van der Waals surface area contributed by atoms with Gasteiger partial charge in [0, 0.05) is 13.1 Å². The lowest BCUT2D eigenvalue weighted by molar-refractivity contribution is 0.0934. The molecular weight excluding hydrogens is 399 g/mol. The number of rotatable bonds is 4. The summed E-state index contributed by atoms with van der Waals surface area (Å²) in [7, 11) is 0. The third-order valence-electron chi connectivity index (χ3n) is 4.03. The Balaban J connectivity index is 1.77. The maximum atomic E-state index is 12.6. The number of nitrogens with one attached hydrogen (secondary N) is 1. The summed E-state index contributed by atoms with van der Waals surface area (Å²) in [5.74, 6) is 0.0792. The molecule has 1 aliphatic heterocycles. The smallest absolute Gasteiger partial charge is 0.272 e. The number of carbonyl (C=O) groups is 1. The maximum Gasteiger partial charge on any atom is 0.272 e. The molecule has 1 aliphatic rings. The van der Waals surface area contributed by atoms with Crippen LogP contribution >= 0.6 is 34.8 Å². The number of carbonyl (C=O) groups excluding carboxylic acids is 1. The number of halogens is 3. The number of hydrogen-bond acceptors (Lipinski definition) is 5. The van der Waals surface area contributed by atoms with Gasteiger partial charge >= 0.3 is 0 Å². The molecule has 0 bridgehead atoms. The van der Waals surface area contributed by atoms with E-state index in [1.807, 2.05) is 11.8 Å². The first-order valence-corrected chi connectivity index (χ1v) is 9.20. The molecule has 1 atom stereocenters. The summed E-state index contributed by atoms with van der Waals surface area (Å²) in [4.78, 5) is 23.2. The fraction of sp³-hybridized carbons (Fsp3) is 0.353. The van der Waals surface area contributed by atoms with Crippen molar-refractivity contribution >= 4 is 46.7 Å². The van der Waals surface area contributed by atoms with Gasteiger partial charge in [-0.3, -0.25) is 4.79 Å². The van der Waals surface area contributed by atoms with E-state index >= 15 is 0 Å². The molecule has 1 fully saturated rings. The van der Waals surface area contributed by atoms with Crippen LogP contribution in [-0.4, -0.2) is 42.2 Å². The number of ether oxygens (including phenoxy) is 1. The van der Waals surface area contributed by atoms with Gasteiger partial charge in [-0.2, -0.15) is 0 Å². The molecule has 0 unspecified atom stereocenters. The van der Waals surface area contributed by atoms with Crippen LogP contribution in [0.5, 0.6) is 0 Å². The molecule has 26 heavy (non-hydrogen) atoms. The van der Waals surface area contributed by atoms with Crippen LogP contribution in [-0.2, 0) is 4.74 Å². The van der Waals surface area contributed by atoms with Crippen molar-refractivity contribution in [3.05, 3.63) is 50.7 Å². The van der Waals surface area contributed by atoms with Gasteiger partial charge in [-0.05, 0) is 24.6 Å². The first-order chi connectivity index (χ1) is 12.5. The second-order valence-electron chi connectivity index (χ2n) is 5.83. The van der Waals surface area contributed by atoms with E-state index in [9.17, 15) is 4.79 Å². The predicted octanol–water partition coefficient (Wildman–Crippen LogP) is 3.76. The van der Waals surface area contributed by atoms with Crippen molar-refractivity contribution < 1.29 is 9.53 Å². The molecule has 1 aromatic carbocycles. The normalized spacial score (nSPS) is 15.6. The average Bonchev–Trinajstić information content (AvgIpc) is 2.65. The molecule has 1 aromatic heterocycles. The molecular formula is C17H17Cl3N4O2. The second-order valence-corrected chi connectivity index (χ2v) is 7.06. The van der Waals surface area contributed by atoms with E-state index in [0.717, 1.165) is 5.56 Å². The number of anilines is 1. The molecule has 9 heteroatoms. The summed E-state index contributed by atoms with van der Waals surface area (Å²) >= 11 is 18.1. The SMILES string of the molecule is C[C@@H](NC(=O)c1nc(N2CCOCC2)ncc1Cl)c1ccc(Cl)c(Cl)c1. The second kappa shape index (κ2) is 8.39. The summed E-state index contributed by atoms with van der Waals surface area (Å²) in [6.45, 7) is 4.38. The molecule has 138 valence electrons. The van der Waals surface area contributed by atoms with Gasteiger partial charge in [-0.1, -0.05) is 40.9 Å². The minimum Gasteiger partial charge on any atom is -0.378 e. The molecule has 2 heterocycles. The molecule has 1 N–H and O–H groups in total. The van der Waals surface area contributed by atoms with E-state index in [2.05, 4.69) is 15.3 Å². The van der Waals surface area contributed by atoms with Crippen LogP contribution in [0, 0.1) is 0 Å². The van der Waals surface area contributed by atoms with E-state index < -0.39 is 0 Å². The monoisotopic (exact) mass is 414 g/mol. The highest BCUT2D eigenvalue weighted by Gasteiger charge is 2.20. The molecule has 3 rings (SSSR count). The van der Waals surface area contributed by atoms with Crippen molar-refractivity contribution in [2.45, 2.75) is 13.0 Å². The minimum atomic E-state index is -0.384. The fourth-order valence-electron chi connectivity index (χ4n) is 2.56. The maximum absolute atomic E-state index is 12.6.